The minimum atomic E-state index is -0.499. The van der Waals surface area contributed by atoms with E-state index in [1.54, 1.807) is 18.2 Å². The number of hydrogen-bond donors (Lipinski definition) is 1. The maximum Gasteiger partial charge on any atom is 0.294 e. The zero-order chi connectivity index (χ0) is 21.8. The second-order valence-corrected chi connectivity index (χ2v) is 8.39. The molecule has 1 heterocycles. The Kier molecular flexibility index (Phi) is 6.84. The van der Waals surface area contributed by atoms with E-state index in [1.807, 2.05) is 24.3 Å². The highest BCUT2D eigenvalue weighted by Gasteiger charge is 2.36. The average molecular weight is 445 g/mol. The lowest BCUT2D eigenvalue weighted by molar-refractivity contribution is -0.127. The smallest absolute Gasteiger partial charge is 0.294 e. The molecule has 156 valence electrons. The fraction of sp³-hybridized carbons (Fsp3) is 0.227. The van der Waals surface area contributed by atoms with Crippen LogP contribution in [0.3, 0.4) is 0 Å². The van der Waals surface area contributed by atoms with Crippen LogP contribution in [0.4, 0.5) is 10.5 Å². The molecule has 1 saturated heterocycles. The van der Waals surface area contributed by atoms with Gasteiger partial charge in [0.05, 0.1) is 17.0 Å². The summed E-state index contributed by atoms with van der Waals surface area (Å²) in [6.07, 6.45) is 1.66. The first-order valence-corrected chi connectivity index (χ1v) is 10.5. The van der Waals surface area contributed by atoms with Gasteiger partial charge in [0.2, 0.25) is 5.91 Å². The fourth-order valence-electron chi connectivity index (χ4n) is 2.85. The number of amides is 3. The van der Waals surface area contributed by atoms with Gasteiger partial charge in [0, 0.05) is 5.69 Å². The monoisotopic (exact) mass is 444 g/mol. The maximum absolute atomic E-state index is 12.6. The van der Waals surface area contributed by atoms with Crippen LogP contribution >= 0.6 is 23.4 Å². The number of halogens is 1. The van der Waals surface area contributed by atoms with E-state index in [4.69, 9.17) is 16.3 Å². The fourth-order valence-corrected chi connectivity index (χ4v) is 3.95. The van der Waals surface area contributed by atoms with Crippen LogP contribution in [0.25, 0.3) is 6.08 Å². The maximum atomic E-state index is 12.6. The van der Waals surface area contributed by atoms with Crippen molar-refractivity contribution in [3.63, 3.8) is 0 Å². The number of imide groups is 1. The Morgan fingerprint density at radius 1 is 1.20 bits per heavy atom. The van der Waals surface area contributed by atoms with Gasteiger partial charge in [-0.05, 0) is 53.1 Å². The number of anilines is 1. The highest BCUT2D eigenvalue weighted by atomic mass is 35.5. The van der Waals surface area contributed by atoms with Crippen molar-refractivity contribution in [1.82, 2.24) is 4.90 Å². The van der Waals surface area contributed by atoms with E-state index in [-0.39, 0.29) is 11.4 Å². The number of methoxy groups -OCH3 is 1. The Hall–Kier alpha value is -2.77. The third kappa shape index (κ3) is 5.04. The number of thioether (sulfide) groups is 1. The number of ether oxygens (including phenoxy) is 1. The number of benzene rings is 2. The quantitative estimate of drug-likeness (QED) is 0.624. The third-order valence-electron chi connectivity index (χ3n) is 4.51. The van der Waals surface area contributed by atoms with Gasteiger partial charge in [-0.1, -0.05) is 49.7 Å². The van der Waals surface area contributed by atoms with Gasteiger partial charge >= 0.3 is 0 Å². The molecule has 1 N–H and O–H groups in total. The summed E-state index contributed by atoms with van der Waals surface area (Å²) in [5.41, 5.74) is 2.45. The Labute approximate surface area is 184 Å². The molecule has 1 fully saturated rings. The number of hydrogen-bond acceptors (Lipinski definition) is 5. The van der Waals surface area contributed by atoms with Crippen LogP contribution in [-0.4, -0.2) is 35.6 Å². The lowest BCUT2D eigenvalue weighted by Crippen LogP contribution is -2.36. The average Bonchev–Trinajstić information content (AvgIpc) is 2.96. The molecular formula is C22H21ClN2O4S. The molecule has 8 heteroatoms. The number of nitrogens with one attached hydrogen (secondary N) is 1. The van der Waals surface area contributed by atoms with Crippen molar-refractivity contribution in [2.24, 2.45) is 0 Å². The molecule has 0 unspecified atom stereocenters. The van der Waals surface area contributed by atoms with Crippen LogP contribution in [-0.2, 0) is 9.59 Å². The highest BCUT2D eigenvalue weighted by Crippen LogP contribution is 2.32. The third-order valence-corrected chi connectivity index (χ3v) is 5.71. The molecule has 2 aromatic rings. The summed E-state index contributed by atoms with van der Waals surface area (Å²) in [6.45, 7) is 3.83. The molecule has 30 heavy (non-hydrogen) atoms. The molecule has 0 bridgehead atoms. The van der Waals surface area contributed by atoms with E-state index in [1.165, 1.54) is 18.7 Å². The van der Waals surface area contributed by atoms with Crippen LogP contribution in [0.5, 0.6) is 5.75 Å². The first-order chi connectivity index (χ1) is 14.3. The second kappa shape index (κ2) is 9.36. The van der Waals surface area contributed by atoms with Crippen LogP contribution in [0, 0.1) is 0 Å². The summed E-state index contributed by atoms with van der Waals surface area (Å²) in [7, 11) is 1.49. The number of carbonyl (C=O) groups excluding carboxylic acids is 3. The largest absolute Gasteiger partial charge is 0.495 e. The van der Waals surface area contributed by atoms with Crippen molar-refractivity contribution in [1.29, 1.82) is 0 Å². The SMILES string of the molecule is COc1ccc(NC(=O)CN2C(=O)SC(=Cc3ccc(C(C)C)cc3)C2=O)cc1Cl. The zero-order valence-corrected chi connectivity index (χ0v) is 18.3. The molecule has 1 aliphatic rings. The zero-order valence-electron chi connectivity index (χ0n) is 16.8. The van der Waals surface area contributed by atoms with E-state index in [9.17, 15) is 14.4 Å². The molecule has 0 radical (unpaired) electrons. The summed E-state index contributed by atoms with van der Waals surface area (Å²) in [5, 5.41) is 2.49. The van der Waals surface area contributed by atoms with Crippen molar-refractivity contribution in [2.75, 3.05) is 19.0 Å². The van der Waals surface area contributed by atoms with Gasteiger partial charge in [-0.3, -0.25) is 19.3 Å². The van der Waals surface area contributed by atoms with Gasteiger partial charge in [-0.15, -0.1) is 0 Å². The first-order valence-electron chi connectivity index (χ1n) is 9.27. The van der Waals surface area contributed by atoms with Crippen LogP contribution < -0.4 is 10.1 Å². The van der Waals surface area contributed by atoms with Crippen molar-refractivity contribution in [3.05, 3.63) is 63.5 Å². The summed E-state index contributed by atoms with van der Waals surface area (Å²) in [5.74, 6) is -0.0977. The summed E-state index contributed by atoms with van der Waals surface area (Å²) >= 11 is 6.87. The van der Waals surface area contributed by atoms with Gasteiger partial charge < -0.3 is 10.1 Å². The van der Waals surface area contributed by atoms with Gasteiger partial charge in [0.1, 0.15) is 12.3 Å². The number of carbonyl (C=O) groups is 3. The standard InChI is InChI=1S/C22H21ClN2O4S/c1-13(2)15-6-4-14(5-7-15)10-19-21(27)25(22(28)30-19)12-20(26)24-16-8-9-18(29-3)17(23)11-16/h4-11,13H,12H2,1-3H3,(H,24,26). The van der Waals surface area contributed by atoms with E-state index < -0.39 is 17.1 Å². The Morgan fingerprint density at radius 2 is 1.90 bits per heavy atom. The van der Waals surface area contributed by atoms with Crippen molar-refractivity contribution in [3.8, 4) is 5.75 Å². The molecular weight excluding hydrogens is 424 g/mol. The van der Waals surface area contributed by atoms with E-state index >= 15 is 0 Å². The number of nitrogens with zero attached hydrogens (tertiary/aromatic N) is 1. The molecule has 0 saturated carbocycles. The molecule has 6 nitrogen and oxygen atoms in total. The first kappa shape index (κ1) is 21.9. The highest BCUT2D eigenvalue weighted by molar-refractivity contribution is 8.18. The molecule has 3 rings (SSSR count). The summed E-state index contributed by atoms with van der Waals surface area (Å²) in [4.78, 5) is 38.4. The molecule has 0 spiro atoms. The van der Waals surface area contributed by atoms with Crippen LogP contribution in [0.1, 0.15) is 30.9 Å². The Balaban J connectivity index is 1.67. The molecule has 0 aromatic heterocycles. The van der Waals surface area contributed by atoms with Crippen LogP contribution in [0.15, 0.2) is 47.4 Å². The van der Waals surface area contributed by atoms with Gasteiger partial charge in [0.25, 0.3) is 11.1 Å². The minimum Gasteiger partial charge on any atom is -0.495 e. The van der Waals surface area contributed by atoms with Gasteiger partial charge in [-0.25, -0.2) is 0 Å². The van der Waals surface area contributed by atoms with E-state index in [0.29, 0.717) is 22.4 Å². The van der Waals surface area contributed by atoms with Crippen LogP contribution in [0.2, 0.25) is 5.02 Å². The topological polar surface area (TPSA) is 75.7 Å². The molecule has 0 aliphatic carbocycles. The lowest BCUT2D eigenvalue weighted by Gasteiger charge is -2.13. The van der Waals surface area contributed by atoms with E-state index in [0.717, 1.165) is 22.2 Å². The predicted octanol–water partition coefficient (Wildman–Crippen LogP) is 5.15. The van der Waals surface area contributed by atoms with Crippen molar-refractivity contribution < 1.29 is 19.1 Å². The normalized spacial score (nSPS) is 15.2. The predicted molar refractivity (Wildman–Crippen MR) is 120 cm³/mol. The minimum absolute atomic E-state index is 0.289. The molecule has 0 atom stereocenters. The Bertz CT molecular complexity index is 1020. The molecule has 1 aliphatic heterocycles. The number of rotatable bonds is 6. The Morgan fingerprint density at radius 3 is 2.50 bits per heavy atom. The van der Waals surface area contributed by atoms with E-state index in [2.05, 4.69) is 19.2 Å². The van der Waals surface area contributed by atoms with Gasteiger partial charge in [-0.2, -0.15) is 0 Å². The molecule has 2 aromatic carbocycles. The summed E-state index contributed by atoms with van der Waals surface area (Å²) in [6, 6.07) is 12.6. The lowest BCUT2D eigenvalue weighted by atomic mass is 10.0. The molecule has 3 amide bonds. The van der Waals surface area contributed by atoms with Crippen molar-refractivity contribution >= 4 is 52.2 Å². The van der Waals surface area contributed by atoms with Gasteiger partial charge in [0.15, 0.2) is 0 Å². The summed E-state index contributed by atoms with van der Waals surface area (Å²) < 4.78 is 5.07. The van der Waals surface area contributed by atoms with Crippen molar-refractivity contribution in [2.45, 2.75) is 19.8 Å². The second-order valence-electron chi connectivity index (χ2n) is 6.99.